The monoisotopic (exact) mass is 210 g/mol. The lowest BCUT2D eigenvalue weighted by atomic mass is 9.62. The van der Waals surface area contributed by atoms with Gasteiger partial charge >= 0.3 is 0 Å². The van der Waals surface area contributed by atoms with E-state index in [1.165, 1.54) is 25.5 Å². The normalized spacial score (nSPS) is 20.4. The first-order valence-corrected chi connectivity index (χ1v) is 8.85. The maximum atomic E-state index is 6.18. The summed E-state index contributed by atoms with van der Waals surface area (Å²) in [4.78, 5) is 0. The summed E-state index contributed by atoms with van der Waals surface area (Å²) in [5, 5.41) is 1.70. The first-order valence-electron chi connectivity index (χ1n) is 5.94. The molecule has 0 aromatic rings. The van der Waals surface area contributed by atoms with Gasteiger partial charge in [-0.15, -0.1) is 0 Å². The van der Waals surface area contributed by atoms with Crippen LogP contribution in [0.2, 0.25) is 25.7 Å². The van der Waals surface area contributed by atoms with Crippen molar-refractivity contribution in [2.24, 2.45) is 0 Å². The van der Waals surface area contributed by atoms with Crippen molar-refractivity contribution in [3.8, 4) is 0 Å². The number of hydrogen-bond donors (Lipinski definition) is 0. The van der Waals surface area contributed by atoms with Crippen LogP contribution >= 0.6 is 0 Å². The van der Waals surface area contributed by atoms with Crippen LogP contribution in [-0.4, -0.2) is 15.2 Å². The van der Waals surface area contributed by atoms with Crippen molar-refractivity contribution in [3.05, 3.63) is 10.8 Å². The van der Waals surface area contributed by atoms with E-state index in [9.17, 15) is 0 Å². The summed E-state index contributed by atoms with van der Waals surface area (Å²) in [5.74, 6) is 0. The molecule has 0 unspecified atom stereocenters. The van der Waals surface area contributed by atoms with Gasteiger partial charge in [0.1, 0.15) is 0 Å². The Kier molecular flexibility index (Phi) is 4.02. The summed E-state index contributed by atoms with van der Waals surface area (Å²) < 4.78 is 6.18. The standard InChI is InChI=1S/C11H23BOSi/c1-6-10(7-2)11-9-12(8-3)13-14(11,4)5/h6-9H2,1-5H3. The van der Waals surface area contributed by atoms with Crippen LogP contribution in [-0.2, 0) is 4.34 Å². The summed E-state index contributed by atoms with van der Waals surface area (Å²) in [5.41, 5.74) is 1.66. The lowest BCUT2D eigenvalue weighted by molar-refractivity contribution is 0.593. The zero-order valence-corrected chi connectivity index (χ0v) is 11.3. The molecule has 3 heteroatoms. The van der Waals surface area contributed by atoms with Crippen molar-refractivity contribution >= 4 is 15.2 Å². The Labute approximate surface area is 90.2 Å². The SMILES string of the molecule is CCB1CC(=C(CC)CC)[Si](C)(C)O1. The molecule has 0 amide bonds. The molecule has 0 spiro atoms. The average Bonchev–Trinajstić information content (AvgIpc) is 2.44. The number of hydrogen-bond acceptors (Lipinski definition) is 1. The topological polar surface area (TPSA) is 9.23 Å². The molecule has 1 rings (SSSR count). The van der Waals surface area contributed by atoms with Gasteiger partial charge in [0.25, 0.3) is 6.92 Å². The molecule has 14 heavy (non-hydrogen) atoms. The highest BCUT2D eigenvalue weighted by molar-refractivity contribution is 6.89. The van der Waals surface area contributed by atoms with E-state index in [1.54, 1.807) is 10.8 Å². The van der Waals surface area contributed by atoms with E-state index in [2.05, 4.69) is 33.9 Å². The van der Waals surface area contributed by atoms with Gasteiger partial charge in [-0.05, 0) is 32.3 Å². The fraction of sp³-hybridized carbons (Fsp3) is 0.818. The van der Waals surface area contributed by atoms with Crippen molar-refractivity contribution in [3.63, 3.8) is 0 Å². The van der Waals surface area contributed by atoms with Gasteiger partial charge in [0.2, 0.25) is 0 Å². The Morgan fingerprint density at radius 3 is 2.21 bits per heavy atom. The van der Waals surface area contributed by atoms with Crippen molar-refractivity contribution in [2.75, 3.05) is 0 Å². The number of allylic oxidation sites excluding steroid dienone is 2. The van der Waals surface area contributed by atoms with Crippen LogP contribution in [0.25, 0.3) is 0 Å². The van der Waals surface area contributed by atoms with Crippen LogP contribution < -0.4 is 0 Å². The Morgan fingerprint density at radius 2 is 1.86 bits per heavy atom. The van der Waals surface area contributed by atoms with Gasteiger partial charge in [-0.25, -0.2) is 0 Å². The second-order valence-electron chi connectivity index (χ2n) is 4.65. The molecule has 0 atom stereocenters. The molecule has 1 aliphatic rings. The summed E-state index contributed by atoms with van der Waals surface area (Å²) >= 11 is 0. The summed E-state index contributed by atoms with van der Waals surface area (Å²) in [6.45, 7) is 12.0. The third-order valence-electron chi connectivity index (χ3n) is 3.36. The maximum Gasteiger partial charge on any atom is 0.284 e. The molecule has 1 aliphatic heterocycles. The second kappa shape index (κ2) is 4.67. The Hall–Kier alpha value is -0.0182. The molecule has 80 valence electrons. The van der Waals surface area contributed by atoms with Crippen LogP contribution in [0, 0.1) is 0 Å². The minimum atomic E-state index is -1.48. The van der Waals surface area contributed by atoms with Crippen molar-refractivity contribution in [1.82, 2.24) is 0 Å². The van der Waals surface area contributed by atoms with Crippen molar-refractivity contribution in [2.45, 2.75) is 59.3 Å². The third-order valence-corrected chi connectivity index (χ3v) is 6.29. The molecule has 0 aromatic heterocycles. The van der Waals surface area contributed by atoms with E-state index in [0.29, 0.717) is 6.92 Å². The van der Waals surface area contributed by atoms with Crippen LogP contribution in [0.1, 0.15) is 33.6 Å². The van der Waals surface area contributed by atoms with Crippen molar-refractivity contribution in [1.29, 1.82) is 0 Å². The van der Waals surface area contributed by atoms with E-state index in [4.69, 9.17) is 4.34 Å². The fourth-order valence-corrected chi connectivity index (χ4v) is 5.63. The Bertz CT molecular complexity index is 229. The second-order valence-corrected chi connectivity index (χ2v) is 8.51. The van der Waals surface area contributed by atoms with Gasteiger partial charge in [0.15, 0.2) is 8.32 Å². The van der Waals surface area contributed by atoms with Gasteiger partial charge in [0.05, 0.1) is 0 Å². The summed E-state index contributed by atoms with van der Waals surface area (Å²) in [6, 6.07) is 0. The third kappa shape index (κ3) is 2.32. The van der Waals surface area contributed by atoms with E-state index >= 15 is 0 Å². The molecule has 0 saturated carbocycles. The van der Waals surface area contributed by atoms with Crippen LogP contribution in [0.3, 0.4) is 0 Å². The predicted molar refractivity (Wildman–Crippen MR) is 67.2 cm³/mol. The molecule has 0 aromatic carbocycles. The minimum absolute atomic E-state index is 0.514. The van der Waals surface area contributed by atoms with Crippen molar-refractivity contribution < 1.29 is 4.34 Å². The van der Waals surface area contributed by atoms with Gasteiger partial charge < -0.3 is 4.34 Å². The van der Waals surface area contributed by atoms with E-state index < -0.39 is 8.32 Å². The molecule has 1 nitrogen and oxygen atoms in total. The number of rotatable bonds is 3. The minimum Gasteiger partial charge on any atom is -0.473 e. The van der Waals surface area contributed by atoms with Gasteiger partial charge in [-0.1, -0.05) is 37.9 Å². The summed E-state index contributed by atoms with van der Waals surface area (Å²) in [6.07, 6.45) is 4.80. The van der Waals surface area contributed by atoms with E-state index in [0.717, 1.165) is 0 Å². The van der Waals surface area contributed by atoms with Crippen LogP contribution in [0.4, 0.5) is 0 Å². The molecule has 0 bridgehead atoms. The Morgan fingerprint density at radius 1 is 1.29 bits per heavy atom. The molecule has 1 heterocycles. The lowest BCUT2D eigenvalue weighted by Gasteiger charge is -2.21. The molecule has 0 radical (unpaired) electrons. The van der Waals surface area contributed by atoms with Crippen LogP contribution in [0.15, 0.2) is 10.8 Å². The van der Waals surface area contributed by atoms with Gasteiger partial charge in [0, 0.05) is 0 Å². The highest BCUT2D eigenvalue weighted by Crippen LogP contribution is 2.36. The van der Waals surface area contributed by atoms with Gasteiger partial charge in [-0.3, -0.25) is 0 Å². The molecule has 1 fully saturated rings. The van der Waals surface area contributed by atoms with Crippen LogP contribution in [0.5, 0.6) is 0 Å². The zero-order chi connectivity index (χ0) is 10.8. The highest BCUT2D eigenvalue weighted by atomic mass is 28.4. The maximum absolute atomic E-state index is 6.18. The average molecular weight is 210 g/mol. The molecule has 0 N–H and O–H groups in total. The Balaban J connectivity index is 2.93. The lowest BCUT2D eigenvalue weighted by Crippen LogP contribution is -2.30. The zero-order valence-electron chi connectivity index (χ0n) is 10.3. The predicted octanol–water partition coefficient (Wildman–Crippen LogP) is 3.89. The van der Waals surface area contributed by atoms with E-state index in [-0.39, 0.29) is 0 Å². The largest absolute Gasteiger partial charge is 0.473 e. The van der Waals surface area contributed by atoms with E-state index in [1.807, 2.05) is 0 Å². The fourth-order valence-electron chi connectivity index (χ4n) is 2.48. The van der Waals surface area contributed by atoms with Gasteiger partial charge in [-0.2, -0.15) is 0 Å². The smallest absolute Gasteiger partial charge is 0.284 e. The highest BCUT2D eigenvalue weighted by Gasteiger charge is 2.41. The molecular weight excluding hydrogens is 187 g/mol. The molecular formula is C11H23BOSi. The molecule has 0 aliphatic carbocycles. The quantitative estimate of drug-likeness (QED) is 0.642. The molecule has 1 saturated heterocycles. The first-order chi connectivity index (χ1) is 6.55. The first kappa shape index (κ1) is 12.1. The summed E-state index contributed by atoms with van der Waals surface area (Å²) in [7, 11) is -1.48.